The summed E-state index contributed by atoms with van der Waals surface area (Å²) in [6.07, 6.45) is 5.56. The summed E-state index contributed by atoms with van der Waals surface area (Å²) < 4.78 is 5.14. The van der Waals surface area contributed by atoms with Gasteiger partial charge in [0.05, 0.1) is 6.61 Å². The second kappa shape index (κ2) is 8.04. The molecule has 1 saturated carbocycles. The number of ether oxygens (including phenoxy) is 1. The van der Waals surface area contributed by atoms with Gasteiger partial charge in [-0.2, -0.15) is 0 Å². The van der Waals surface area contributed by atoms with Gasteiger partial charge >= 0.3 is 0 Å². The Morgan fingerprint density at radius 3 is 2.62 bits per heavy atom. The van der Waals surface area contributed by atoms with E-state index in [-0.39, 0.29) is 0 Å². The first-order valence-corrected chi connectivity index (χ1v) is 6.74. The third-order valence-corrected chi connectivity index (χ3v) is 3.67. The van der Waals surface area contributed by atoms with Crippen LogP contribution in [-0.4, -0.2) is 50.3 Å². The van der Waals surface area contributed by atoms with Gasteiger partial charge in [0.15, 0.2) is 0 Å². The zero-order valence-corrected chi connectivity index (χ0v) is 11.2. The molecule has 0 amide bonds. The zero-order valence-electron chi connectivity index (χ0n) is 11.2. The van der Waals surface area contributed by atoms with Gasteiger partial charge in [-0.3, -0.25) is 4.90 Å². The van der Waals surface area contributed by atoms with Crippen LogP contribution in [-0.2, 0) is 4.74 Å². The molecular weight excluding hydrogens is 200 g/mol. The smallest absolute Gasteiger partial charge is 0.0589 e. The van der Waals surface area contributed by atoms with Crippen LogP contribution in [0.5, 0.6) is 0 Å². The molecule has 0 aromatic rings. The Morgan fingerprint density at radius 1 is 1.38 bits per heavy atom. The van der Waals surface area contributed by atoms with Crippen molar-refractivity contribution in [1.29, 1.82) is 0 Å². The van der Waals surface area contributed by atoms with E-state index in [1.807, 2.05) is 0 Å². The monoisotopic (exact) mass is 228 g/mol. The van der Waals surface area contributed by atoms with E-state index in [0.717, 1.165) is 32.3 Å². The van der Waals surface area contributed by atoms with E-state index >= 15 is 0 Å². The van der Waals surface area contributed by atoms with Crippen LogP contribution in [0.15, 0.2) is 0 Å². The maximum Gasteiger partial charge on any atom is 0.0589 e. The molecule has 0 saturated heterocycles. The SMILES string of the molecule is CCN(CCOC)C(C)CNC1CCCC1. The molecule has 1 atom stereocenters. The van der Waals surface area contributed by atoms with Crippen LogP contribution in [0.25, 0.3) is 0 Å². The van der Waals surface area contributed by atoms with E-state index in [1.165, 1.54) is 25.7 Å². The van der Waals surface area contributed by atoms with Crippen molar-refractivity contribution in [3.8, 4) is 0 Å². The van der Waals surface area contributed by atoms with Gasteiger partial charge in [-0.05, 0) is 26.3 Å². The molecule has 96 valence electrons. The zero-order chi connectivity index (χ0) is 11.8. The minimum atomic E-state index is 0.612. The molecule has 0 aromatic heterocycles. The first-order chi connectivity index (χ1) is 7.77. The van der Waals surface area contributed by atoms with Gasteiger partial charge in [0, 0.05) is 32.3 Å². The number of nitrogens with one attached hydrogen (secondary N) is 1. The van der Waals surface area contributed by atoms with Crippen LogP contribution in [0, 0.1) is 0 Å². The summed E-state index contributed by atoms with van der Waals surface area (Å²) in [6.45, 7) is 8.63. The minimum Gasteiger partial charge on any atom is -0.383 e. The Morgan fingerprint density at radius 2 is 2.06 bits per heavy atom. The Hall–Kier alpha value is -0.120. The normalized spacial score (nSPS) is 19.5. The average molecular weight is 228 g/mol. The molecule has 0 spiro atoms. The number of likely N-dealkylation sites (N-methyl/N-ethyl adjacent to an activating group) is 1. The lowest BCUT2D eigenvalue weighted by atomic mass is 10.2. The minimum absolute atomic E-state index is 0.612. The summed E-state index contributed by atoms with van der Waals surface area (Å²) in [5, 5.41) is 3.69. The fourth-order valence-electron chi connectivity index (χ4n) is 2.49. The van der Waals surface area contributed by atoms with Gasteiger partial charge in [0.25, 0.3) is 0 Å². The van der Waals surface area contributed by atoms with Crippen molar-refractivity contribution in [2.75, 3.05) is 33.4 Å². The summed E-state index contributed by atoms with van der Waals surface area (Å²) in [6, 6.07) is 1.39. The Labute approximate surface area is 101 Å². The van der Waals surface area contributed by atoms with Gasteiger partial charge in [-0.1, -0.05) is 19.8 Å². The Bertz CT molecular complexity index is 169. The predicted octanol–water partition coefficient (Wildman–Crippen LogP) is 1.88. The second-order valence-electron chi connectivity index (χ2n) is 4.86. The third-order valence-electron chi connectivity index (χ3n) is 3.67. The lowest BCUT2D eigenvalue weighted by Gasteiger charge is -2.28. The van der Waals surface area contributed by atoms with E-state index in [4.69, 9.17) is 4.74 Å². The Kier molecular flexibility index (Phi) is 7.01. The largest absolute Gasteiger partial charge is 0.383 e. The van der Waals surface area contributed by atoms with Crippen LogP contribution in [0.1, 0.15) is 39.5 Å². The maximum atomic E-state index is 5.14. The molecule has 16 heavy (non-hydrogen) atoms. The second-order valence-corrected chi connectivity index (χ2v) is 4.86. The highest BCUT2D eigenvalue weighted by Gasteiger charge is 2.17. The highest BCUT2D eigenvalue weighted by Crippen LogP contribution is 2.17. The van der Waals surface area contributed by atoms with Gasteiger partial charge in [0.2, 0.25) is 0 Å². The molecular formula is C13H28N2O. The third kappa shape index (κ3) is 4.81. The number of methoxy groups -OCH3 is 1. The van der Waals surface area contributed by atoms with Crippen molar-refractivity contribution < 1.29 is 4.74 Å². The van der Waals surface area contributed by atoms with Crippen molar-refractivity contribution in [3.63, 3.8) is 0 Å². The van der Waals surface area contributed by atoms with Crippen molar-refractivity contribution in [3.05, 3.63) is 0 Å². The van der Waals surface area contributed by atoms with E-state index in [9.17, 15) is 0 Å². The molecule has 1 aliphatic rings. The highest BCUT2D eigenvalue weighted by molar-refractivity contribution is 4.77. The molecule has 0 bridgehead atoms. The topological polar surface area (TPSA) is 24.5 Å². The fraction of sp³-hybridized carbons (Fsp3) is 1.00. The van der Waals surface area contributed by atoms with Crippen LogP contribution in [0.4, 0.5) is 0 Å². The van der Waals surface area contributed by atoms with Crippen LogP contribution >= 0.6 is 0 Å². The lowest BCUT2D eigenvalue weighted by molar-refractivity contribution is 0.127. The summed E-state index contributed by atoms with van der Waals surface area (Å²) in [7, 11) is 1.77. The molecule has 0 aromatic carbocycles. The van der Waals surface area contributed by atoms with Crippen molar-refractivity contribution in [2.45, 2.75) is 51.6 Å². The molecule has 1 rings (SSSR count). The first kappa shape index (κ1) is 13.9. The standard InChI is InChI=1S/C13H28N2O/c1-4-15(9-10-16-3)12(2)11-14-13-7-5-6-8-13/h12-14H,4-11H2,1-3H3. The summed E-state index contributed by atoms with van der Waals surface area (Å²) >= 11 is 0. The van der Waals surface area contributed by atoms with Crippen molar-refractivity contribution >= 4 is 0 Å². The molecule has 3 nitrogen and oxygen atoms in total. The molecule has 1 aliphatic carbocycles. The average Bonchev–Trinajstić information content (AvgIpc) is 2.80. The molecule has 1 unspecified atom stereocenters. The van der Waals surface area contributed by atoms with Crippen LogP contribution in [0.3, 0.4) is 0 Å². The highest BCUT2D eigenvalue weighted by atomic mass is 16.5. The van der Waals surface area contributed by atoms with Crippen molar-refractivity contribution in [1.82, 2.24) is 10.2 Å². The first-order valence-electron chi connectivity index (χ1n) is 6.74. The Balaban J connectivity index is 2.17. The molecule has 0 radical (unpaired) electrons. The van der Waals surface area contributed by atoms with Crippen LogP contribution < -0.4 is 5.32 Å². The molecule has 0 aliphatic heterocycles. The quantitative estimate of drug-likeness (QED) is 0.686. The summed E-state index contributed by atoms with van der Waals surface area (Å²) in [5.74, 6) is 0. The number of hydrogen-bond acceptors (Lipinski definition) is 3. The van der Waals surface area contributed by atoms with Crippen LogP contribution in [0.2, 0.25) is 0 Å². The van der Waals surface area contributed by atoms with Gasteiger partial charge in [-0.25, -0.2) is 0 Å². The maximum absolute atomic E-state index is 5.14. The number of nitrogens with zero attached hydrogens (tertiary/aromatic N) is 1. The predicted molar refractivity (Wildman–Crippen MR) is 68.8 cm³/mol. The lowest BCUT2D eigenvalue weighted by Crippen LogP contribution is -2.44. The van der Waals surface area contributed by atoms with E-state index in [1.54, 1.807) is 7.11 Å². The van der Waals surface area contributed by atoms with Gasteiger partial charge in [0.1, 0.15) is 0 Å². The van der Waals surface area contributed by atoms with Gasteiger partial charge < -0.3 is 10.1 Å². The summed E-state index contributed by atoms with van der Waals surface area (Å²) in [4.78, 5) is 2.48. The number of hydrogen-bond donors (Lipinski definition) is 1. The number of rotatable bonds is 8. The fourth-order valence-corrected chi connectivity index (χ4v) is 2.49. The van der Waals surface area contributed by atoms with Gasteiger partial charge in [-0.15, -0.1) is 0 Å². The molecule has 1 N–H and O–H groups in total. The summed E-state index contributed by atoms with van der Waals surface area (Å²) in [5.41, 5.74) is 0. The molecule has 0 heterocycles. The van der Waals surface area contributed by atoms with E-state index < -0.39 is 0 Å². The van der Waals surface area contributed by atoms with E-state index in [0.29, 0.717) is 6.04 Å². The van der Waals surface area contributed by atoms with Crippen molar-refractivity contribution in [2.24, 2.45) is 0 Å². The van der Waals surface area contributed by atoms with E-state index in [2.05, 4.69) is 24.1 Å². The molecule has 1 fully saturated rings. The molecule has 3 heteroatoms.